The quantitative estimate of drug-likeness (QED) is 0.768. The molecule has 0 saturated carbocycles. The maximum absolute atomic E-state index is 12.4. The van der Waals surface area contributed by atoms with Crippen LogP contribution >= 0.6 is 11.3 Å². The third-order valence-corrected chi connectivity index (χ3v) is 5.18. The second kappa shape index (κ2) is 6.33. The second-order valence-electron chi connectivity index (χ2n) is 6.13. The van der Waals surface area contributed by atoms with Crippen molar-refractivity contribution in [1.29, 1.82) is 0 Å². The molecule has 1 atom stereocenters. The lowest BCUT2D eigenvalue weighted by molar-refractivity contribution is 0.102. The zero-order chi connectivity index (χ0) is 16.5. The number of aromatic nitrogens is 3. The van der Waals surface area contributed by atoms with E-state index in [1.807, 2.05) is 29.9 Å². The van der Waals surface area contributed by atoms with Crippen LogP contribution < -0.4 is 10.6 Å². The fourth-order valence-corrected chi connectivity index (χ4v) is 3.93. The number of hydrogen-bond donors (Lipinski definition) is 2. The molecule has 0 aliphatic carbocycles. The Labute approximate surface area is 143 Å². The summed E-state index contributed by atoms with van der Waals surface area (Å²) in [6.45, 7) is 4.01. The number of rotatable bonds is 3. The predicted molar refractivity (Wildman–Crippen MR) is 95.7 cm³/mol. The van der Waals surface area contributed by atoms with E-state index < -0.39 is 0 Å². The molecule has 24 heavy (non-hydrogen) atoms. The van der Waals surface area contributed by atoms with Gasteiger partial charge in [-0.05, 0) is 50.1 Å². The first-order valence-corrected chi connectivity index (χ1v) is 8.95. The van der Waals surface area contributed by atoms with Crippen LogP contribution in [-0.4, -0.2) is 33.8 Å². The molecule has 4 rings (SSSR count). The number of benzene rings is 1. The number of fused-ring (bicyclic) bond motifs is 1. The Bertz CT molecular complexity index is 878. The summed E-state index contributed by atoms with van der Waals surface area (Å²) < 4.78 is 2.96. The molecule has 6 nitrogen and oxygen atoms in total. The summed E-state index contributed by atoms with van der Waals surface area (Å²) in [7, 11) is 0. The Morgan fingerprint density at radius 2 is 2.33 bits per heavy atom. The highest BCUT2D eigenvalue weighted by Gasteiger charge is 2.18. The molecule has 1 aliphatic rings. The van der Waals surface area contributed by atoms with E-state index in [9.17, 15) is 4.79 Å². The lowest BCUT2D eigenvalue weighted by Crippen LogP contribution is -2.32. The molecular formula is C17H19N5OS. The Kier molecular flexibility index (Phi) is 4.03. The first kappa shape index (κ1) is 15.3. The molecule has 1 unspecified atom stereocenters. The van der Waals surface area contributed by atoms with Crippen molar-refractivity contribution < 1.29 is 4.79 Å². The molecule has 0 bridgehead atoms. The van der Waals surface area contributed by atoms with E-state index >= 15 is 0 Å². The molecule has 3 heterocycles. The van der Waals surface area contributed by atoms with Gasteiger partial charge in [0, 0.05) is 12.7 Å². The number of anilines is 1. The van der Waals surface area contributed by atoms with Gasteiger partial charge < -0.3 is 5.32 Å². The third-order valence-electron chi connectivity index (χ3n) is 4.25. The van der Waals surface area contributed by atoms with Crippen LogP contribution in [0.1, 0.15) is 34.9 Å². The molecule has 3 aromatic rings. The third kappa shape index (κ3) is 3.05. The standard InChI is InChI=1S/C17H19N5OS/c1-11-4-5-13-15(9-11)24-17(19-13)20-16(23)14-6-8-22(21-14)12-3-2-7-18-10-12/h4-6,8-9,12,18H,2-3,7,10H2,1H3,(H,19,20,23). The number of aryl methyl sites for hydroxylation is 1. The minimum Gasteiger partial charge on any atom is -0.315 e. The van der Waals surface area contributed by atoms with E-state index in [0.29, 0.717) is 16.9 Å². The summed E-state index contributed by atoms with van der Waals surface area (Å²) >= 11 is 1.48. The van der Waals surface area contributed by atoms with Gasteiger partial charge in [0.05, 0.1) is 16.3 Å². The van der Waals surface area contributed by atoms with Gasteiger partial charge in [-0.3, -0.25) is 14.8 Å². The molecule has 1 fully saturated rings. The normalized spacial score (nSPS) is 18.0. The number of nitrogens with zero attached hydrogens (tertiary/aromatic N) is 3. The van der Waals surface area contributed by atoms with E-state index in [-0.39, 0.29) is 5.91 Å². The van der Waals surface area contributed by atoms with Gasteiger partial charge in [-0.15, -0.1) is 0 Å². The van der Waals surface area contributed by atoms with Crippen LogP contribution in [0.25, 0.3) is 10.2 Å². The maximum Gasteiger partial charge on any atom is 0.277 e. The van der Waals surface area contributed by atoms with Crippen LogP contribution in [-0.2, 0) is 0 Å². The van der Waals surface area contributed by atoms with Crippen LogP contribution in [0.3, 0.4) is 0 Å². The SMILES string of the molecule is Cc1ccc2nc(NC(=O)c3ccn(C4CCCNC4)n3)sc2c1. The fourth-order valence-electron chi connectivity index (χ4n) is 2.97. The van der Waals surface area contributed by atoms with Crippen LogP contribution in [0.5, 0.6) is 0 Å². The summed E-state index contributed by atoms with van der Waals surface area (Å²) in [5.74, 6) is -0.215. The summed E-state index contributed by atoms with van der Waals surface area (Å²) in [5, 5.41) is 11.3. The highest BCUT2D eigenvalue weighted by Crippen LogP contribution is 2.27. The van der Waals surface area contributed by atoms with Crippen molar-refractivity contribution in [2.24, 2.45) is 0 Å². The first-order valence-electron chi connectivity index (χ1n) is 8.13. The lowest BCUT2D eigenvalue weighted by Gasteiger charge is -2.22. The van der Waals surface area contributed by atoms with E-state index in [4.69, 9.17) is 0 Å². The van der Waals surface area contributed by atoms with Gasteiger partial charge in [0.2, 0.25) is 0 Å². The summed E-state index contributed by atoms with van der Waals surface area (Å²) in [5.41, 5.74) is 2.51. The Hall–Kier alpha value is -2.25. The topological polar surface area (TPSA) is 71.8 Å². The number of nitrogens with one attached hydrogen (secondary N) is 2. The predicted octanol–water partition coefficient (Wildman–Crippen LogP) is 2.98. The fraction of sp³-hybridized carbons (Fsp3) is 0.353. The molecule has 2 aromatic heterocycles. The van der Waals surface area contributed by atoms with Gasteiger partial charge in [0.15, 0.2) is 10.8 Å². The van der Waals surface area contributed by atoms with Crippen LogP contribution in [0.4, 0.5) is 5.13 Å². The van der Waals surface area contributed by atoms with Crippen molar-refractivity contribution in [3.05, 3.63) is 41.7 Å². The molecule has 1 aromatic carbocycles. The zero-order valence-corrected chi connectivity index (χ0v) is 14.3. The molecule has 2 N–H and O–H groups in total. The molecule has 124 valence electrons. The van der Waals surface area contributed by atoms with E-state index in [1.54, 1.807) is 6.07 Å². The molecule has 7 heteroatoms. The monoisotopic (exact) mass is 341 g/mol. The lowest BCUT2D eigenvalue weighted by atomic mass is 10.1. The van der Waals surface area contributed by atoms with Crippen molar-refractivity contribution in [1.82, 2.24) is 20.1 Å². The van der Waals surface area contributed by atoms with Crippen LogP contribution in [0.15, 0.2) is 30.5 Å². The van der Waals surface area contributed by atoms with Gasteiger partial charge in [0.1, 0.15) is 0 Å². The summed E-state index contributed by atoms with van der Waals surface area (Å²) in [4.78, 5) is 16.9. The van der Waals surface area contributed by atoms with Gasteiger partial charge in [-0.25, -0.2) is 4.98 Å². The zero-order valence-electron chi connectivity index (χ0n) is 13.5. The van der Waals surface area contributed by atoms with Crippen molar-refractivity contribution in [3.8, 4) is 0 Å². The highest BCUT2D eigenvalue weighted by atomic mass is 32.1. The van der Waals surface area contributed by atoms with E-state index in [2.05, 4.69) is 26.8 Å². The largest absolute Gasteiger partial charge is 0.315 e. The van der Waals surface area contributed by atoms with Gasteiger partial charge in [-0.2, -0.15) is 5.10 Å². The summed E-state index contributed by atoms with van der Waals surface area (Å²) in [6, 6.07) is 8.16. The van der Waals surface area contributed by atoms with Crippen molar-refractivity contribution >= 4 is 32.6 Å². The Morgan fingerprint density at radius 3 is 3.17 bits per heavy atom. The number of piperidine rings is 1. The van der Waals surface area contributed by atoms with E-state index in [0.717, 1.165) is 36.1 Å². The molecule has 0 spiro atoms. The maximum atomic E-state index is 12.4. The minimum atomic E-state index is -0.215. The Balaban J connectivity index is 1.49. The smallest absolute Gasteiger partial charge is 0.277 e. The summed E-state index contributed by atoms with van der Waals surface area (Å²) in [6.07, 6.45) is 4.11. The first-order chi connectivity index (χ1) is 11.7. The highest BCUT2D eigenvalue weighted by molar-refractivity contribution is 7.22. The van der Waals surface area contributed by atoms with Gasteiger partial charge in [-0.1, -0.05) is 17.4 Å². The molecular weight excluding hydrogens is 322 g/mol. The Morgan fingerprint density at radius 1 is 1.42 bits per heavy atom. The van der Waals surface area contributed by atoms with Crippen LogP contribution in [0, 0.1) is 6.92 Å². The number of amides is 1. The number of thiazole rings is 1. The number of carbonyl (C=O) groups is 1. The molecule has 1 amide bonds. The molecule has 1 aliphatic heterocycles. The molecule has 0 radical (unpaired) electrons. The number of carbonyl (C=O) groups excluding carboxylic acids is 1. The van der Waals surface area contributed by atoms with Crippen LogP contribution in [0.2, 0.25) is 0 Å². The minimum absolute atomic E-state index is 0.215. The molecule has 1 saturated heterocycles. The van der Waals surface area contributed by atoms with Gasteiger partial charge in [0.25, 0.3) is 5.91 Å². The number of hydrogen-bond acceptors (Lipinski definition) is 5. The van der Waals surface area contributed by atoms with Crippen molar-refractivity contribution in [3.63, 3.8) is 0 Å². The van der Waals surface area contributed by atoms with E-state index in [1.165, 1.54) is 16.9 Å². The second-order valence-corrected chi connectivity index (χ2v) is 7.16. The van der Waals surface area contributed by atoms with Crippen molar-refractivity contribution in [2.45, 2.75) is 25.8 Å². The average Bonchev–Trinajstić information content (AvgIpc) is 3.22. The van der Waals surface area contributed by atoms with Crippen molar-refractivity contribution in [2.75, 3.05) is 18.4 Å². The average molecular weight is 341 g/mol. The van der Waals surface area contributed by atoms with Gasteiger partial charge >= 0.3 is 0 Å².